The molecule has 0 bridgehead atoms. The Bertz CT molecular complexity index is 1200. The predicted octanol–water partition coefficient (Wildman–Crippen LogP) is 4.41. The molecule has 6 nitrogen and oxygen atoms in total. The third-order valence-corrected chi connectivity index (χ3v) is 7.20. The molecule has 3 aromatic rings. The summed E-state index contributed by atoms with van der Waals surface area (Å²) in [5.74, 6) is 0.921. The van der Waals surface area contributed by atoms with Crippen molar-refractivity contribution in [3.8, 4) is 0 Å². The maximum Gasteiger partial charge on any atom is 0.258 e. The van der Waals surface area contributed by atoms with E-state index in [1.807, 2.05) is 37.3 Å². The average Bonchev–Trinajstić information content (AvgIpc) is 3.56. The first-order chi connectivity index (χ1) is 16.4. The molecule has 6 heteroatoms. The third kappa shape index (κ3) is 4.14. The van der Waals surface area contributed by atoms with Crippen LogP contribution in [-0.4, -0.2) is 29.3 Å². The van der Waals surface area contributed by atoms with Gasteiger partial charge in [0.15, 0.2) is 0 Å². The van der Waals surface area contributed by atoms with Crippen LogP contribution in [0.25, 0.3) is 0 Å². The van der Waals surface area contributed by atoms with Crippen molar-refractivity contribution >= 4 is 11.8 Å². The SMILES string of the molecule is Cc1oc(C(C)N)cc1C(=O)N1C[C@@H](c2ccccc2)C[C@H]1C(=O)N[C@@H]1CCc2ccccc21. The van der Waals surface area contributed by atoms with Crippen LogP contribution in [0.3, 0.4) is 0 Å². The predicted molar refractivity (Wildman–Crippen MR) is 130 cm³/mol. The number of amides is 2. The molecule has 0 spiro atoms. The van der Waals surface area contributed by atoms with Crippen molar-refractivity contribution in [1.82, 2.24) is 10.2 Å². The molecular formula is C28H31N3O3. The smallest absolute Gasteiger partial charge is 0.258 e. The maximum atomic E-state index is 13.7. The second-order valence-corrected chi connectivity index (χ2v) is 9.52. The minimum Gasteiger partial charge on any atom is -0.464 e. The molecule has 3 N–H and O–H groups in total. The Hall–Kier alpha value is -3.38. The van der Waals surface area contributed by atoms with Gasteiger partial charge in [-0.2, -0.15) is 0 Å². The highest BCUT2D eigenvalue weighted by molar-refractivity contribution is 5.99. The van der Waals surface area contributed by atoms with Crippen molar-refractivity contribution in [3.63, 3.8) is 0 Å². The van der Waals surface area contributed by atoms with Gasteiger partial charge < -0.3 is 20.4 Å². The lowest BCUT2D eigenvalue weighted by molar-refractivity contribution is -0.125. The van der Waals surface area contributed by atoms with E-state index < -0.39 is 6.04 Å². The summed E-state index contributed by atoms with van der Waals surface area (Å²) in [4.78, 5) is 29.0. The van der Waals surface area contributed by atoms with Crippen LogP contribution in [0.2, 0.25) is 0 Å². The van der Waals surface area contributed by atoms with Crippen molar-refractivity contribution in [2.24, 2.45) is 5.73 Å². The molecule has 1 aliphatic heterocycles. The number of nitrogens with one attached hydrogen (secondary N) is 1. The van der Waals surface area contributed by atoms with Crippen molar-refractivity contribution < 1.29 is 14.0 Å². The molecule has 1 aromatic heterocycles. The number of hydrogen-bond acceptors (Lipinski definition) is 4. The molecule has 2 heterocycles. The molecule has 176 valence electrons. The monoisotopic (exact) mass is 457 g/mol. The summed E-state index contributed by atoms with van der Waals surface area (Å²) in [5, 5.41) is 3.25. The molecule has 34 heavy (non-hydrogen) atoms. The van der Waals surface area contributed by atoms with Crippen LogP contribution in [0, 0.1) is 6.92 Å². The zero-order valence-corrected chi connectivity index (χ0v) is 19.7. The number of aryl methyl sites for hydroxylation is 2. The second kappa shape index (κ2) is 9.11. The van der Waals surface area contributed by atoms with Crippen LogP contribution in [0.15, 0.2) is 65.1 Å². The van der Waals surface area contributed by atoms with E-state index in [-0.39, 0.29) is 29.8 Å². The highest BCUT2D eigenvalue weighted by Crippen LogP contribution is 2.36. The van der Waals surface area contributed by atoms with Crippen LogP contribution in [-0.2, 0) is 11.2 Å². The van der Waals surface area contributed by atoms with E-state index in [1.165, 1.54) is 11.1 Å². The number of likely N-dealkylation sites (tertiary alicyclic amines) is 1. The highest BCUT2D eigenvalue weighted by atomic mass is 16.3. The first-order valence-electron chi connectivity index (χ1n) is 12.0. The van der Waals surface area contributed by atoms with E-state index in [1.54, 1.807) is 17.9 Å². The van der Waals surface area contributed by atoms with Gasteiger partial charge >= 0.3 is 0 Å². The minimum atomic E-state index is -0.543. The first kappa shape index (κ1) is 22.4. The van der Waals surface area contributed by atoms with E-state index >= 15 is 0 Å². The van der Waals surface area contributed by atoms with Crippen molar-refractivity contribution in [1.29, 1.82) is 0 Å². The Balaban J connectivity index is 1.42. The summed E-state index contributed by atoms with van der Waals surface area (Å²) in [7, 11) is 0. The summed E-state index contributed by atoms with van der Waals surface area (Å²) in [6.07, 6.45) is 2.43. The number of nitrogens with zero attached hydrogens (tertiary/aromatic N) is 1. The summed E-state index contributed by atoms with van der Waals surface area (Å²) >= 11 is 0. The van der Waals surface area contributed by atoms with Crippen LogP contribution < -0.4 is 11.1 Å². The molecule has 1 fully saturated rings. The summed E-state index contributed by atoms with van der Waals surface area (Å²) in [6, 6.07) is 19.2. The first-order valence-corrected chi connectivity index (χ1v) is 12.0. The zero-order chi connectivity index (χ0) is 23.8. The van der Waals surface area contributed by atoms with Gasteiger partial charge in [-0.25, -0.2) is 0 Å². The maximum absolute atomic E-state index is 13.7. The van der Waals surface area contributed by atoms with Gasteiger partial charge in [-0.3, -0.25) is 9.59 Å². The van der Waals surface area contributed by atoms with Crippen LogP contribution >= 0.6 is 0 Å². The van der Waals surface area contributed by atoms with Crippen LogP contribution in [0.1, 0.15) is 76.3 Å². The molecule has 0 saturated carbocycles. The van der Waals surface area contributed by atoms with E-state index in [9.17, 15) is 9.59 Å². The summed E-state index contributed by atoms with van der Waals surface area (Å²) in [6.45, 7) is 4.08. The number of furan rings is 1. The molecule has 5 rings (SSSR count). The zero-order valence-electron chi connectivity index (χ0n) is 19.7. The van der Waals surface area contributed by atoms with Crippen molar-refractivity contribution in [2.75, 3.05) is 6.54 Å². The normalized spacial score (nSPS) is 22.4. The summed E-state index contributed by atoms with van der Waals surface area (Å²) < 4.78 is 5.74. The van der Waals surface area contributed by atoms with E-state index in [0.29, 0.717) is 30.0 Å². The lowest BCUT2D eigenvalue weighted by Gasteiger charge is -2.25. The van der Waals surface area contributed by atoms with Gasteiger partial charge in [-0.15, -0.1) is 0 Å². The quantitative estimate of drug-likeness (QED) is 0.594. The van der Waals surface area contributed by atoms with Gasteiger partial charge in [0.25, 0.3) is 5.91 Å². The number of hydrogen-bond donors (Lipinski definition) is 2. The average molecular weight is 458 g/mol. The fourth-order valence-corrected chi connectivity index (χ4v) is 5.35. The number of fused-ring (bicyclic) bond motifs is 1. The Labute approximate surface area is 200 Å². The van der Waals surface area contributed by atoms with Crippen molar-refractivity contribution in [2.45, 2.75) is 57.2 Å². The van der Waals surface area contributed by atoms with E-state index in [0.717, 1.165) is 18.4 Å². The lowest BCUT2D eigenvalue weighted by Crippen LogP contribution is -2.46. The molecular weight excluding hydrogens is 426 g/mol. The van der Waals surface area contributed by atoms with Crippen LogP contribution in [0.4, 0.5) is 0 Å². The number of benzene rings is 2. The Morgan fingerprint density at radius 1 is 1.12 bits per heavy atom. The van der Waals surface area contributed by atoms with E-state index in [2.05, 4.69) is 29.6 Å². The number of carbonyl (C=O) groups is 2. The molecule has 0 radical (unpaired) electrons. The van der Waals surface area contributed by atoms with Gasteiger partial charge in [-0.05, 0) is 55.9 Å². The van der Waals surface area contributed by atoms with Crippen LogP contribution in [0.5, 0.6) is 0 Å². The van der Waals surface area contributed by atoms with Gasteiger partial charge in [0, 0.05) is 12.5 Å². The van der Waals surface area contributed by atoms with Gasteiger partial charge in [0.2, 0.25) is 5.91 Å². The number of rotatable bonds is 5. The Morgan fingerprint density at radius 2 is 1.85 bits per heavy atom. The largest absolute Gasteiger partial charge is 0.464 e. The molecule has 1 aliphatic carbocycles. The molecule has 4 atom stereocenters. The van der Waals surface area contributed by atoms with Gasteiger partial charge in [0.1, 0.15) is 17.6 Å². The molecule has 2 amide bonds. The fourth-order valence-electron chi connectivity index (χ4n) is 5.35. The standard InChI is InChI=1S/C28H31N3O3/c1-17(29)26-15-23(18(2)34-26)28(33)31-16-21(19-8-4-3-5-9-19)14-25(31)27(32)30-24-13-12-20-10-6-7-11-22(20)24/h3-11,15,17,21,24-25H,12-14,16,29H2,1-2H3,(H,30,32)/t17?,21-,24+,25-/m0/s1. The third-order valence-electron chi connectivity index (χ3n) is 7.20. The van der Waals surface area contributed by atoms with Gasteiger partial charge in [0.05, 0.1) is 17.6 Å². The van der Waals surface area contributed by atoms with Gasteiger partial charge in [-0.1, -0.05) is 54.6 Å². The fraction of sp³-hybridized carbons (Fsp3) is 0.357. The lowest BCUT2D eigenvalue weighted by atomic mass is 9.96. The minimum absolute atomic E-state index is 0.0169. The number of nitrogens with two attached hydrogens (primary N) is 1. The molecule has 1 unspecified atom stereocenters. The Morgan fingerprint density at radius 3 is 2.59 bits per heavy atom. The number of carbonyl (C=O) groups excluding carboxylic acids is 2. The molecule has 2 aliphatic rings. The topological polar surface area (TPSA) is 88.6 Å². The van der Waals surface area contributed by atoms with E-state index in [4.69, 9.17) is 10.2 Å². The highest BCUT2D eigenvalue weighted by Gasteiger charge is 2.42. The van der Waals surface area contributed by atoms with Crippen molar-refractivity contribution in [3.05, 3.63) is 94.4 Å². The second-order valence-electron chi connectivity index (χ2n) is 9.52. The Kier molecular flexibility index (Phi) is 6.00. The summed E-state index contributed by atoms with van der Waals surface area (Å²) in [5.41, 5.74) is 10.1. The molecule has 1 saturated heterocycles. The molecule has 2 aromatic carbocycles.